The molecule has 0 saturated heterocycles. The van der Waals surface area contributed by atoms with Crippen LogP contribution in [0.2, 0.25) is 0 Å². The van der Waals surface area contributed by atoms with Crippen LogP contribution in [0.4, 0.5) is 22.7 Å². The Morgan fingerprint density at radius 3 is 1.62 bits per heavy atom. The minimum atomic E-state index is -3.93. The lowest BCUT2D eigenvalue weighted by Crippen LogP contribution is -2.34. The lowest BCUT2D eigenvalue weighted by atomic mass is 10.0. The highest BCUT2D eigenvalue weighted by Gasteiger charge is 2.44. The Labute approximate surface area is 274 Å². The number of nitrogens with zero attached hydrogens (tertiary/aromatic N) is 5. The molecule has 8 rings (SSSR count). The van der Waals surface area contributed by atoms with Crippen molar-refractivity contribution in [1.29, 1.82) is 0 Å². The number of benzene rings is 5. The molecule has 7 aromatic rings. The van der Waals surface area contributed by atoms with Crippen LogP contribution in [0, 0.1) is 0 Å². The Bertz CT molecular complexity index is 2070. The summed E-state index contributed by atoms with van der Waals surface area (Å²) < 4.78 is 22.9. The second kappa shape index (κ2) is 12.2. The maximum atomic E-state index is 16.8. The van der Waals surface area contributed by atoms with Crippen LogP contribution in [0.5, 0.6) is 0 Å². The molecule has 0 fully saturated rings. The third-order valence-corrected chi connectivity index (χ3v) is 11.4. The average molecular weight is 630 g/mol. The number of aromatic nitrogens is 3. The molecule has 6 nitrogen and oxygen atoms in total. The van der Waals surface area contributed by atoms with Crippen molar-refractivity contribution in [2.45, 2.75) is 12.8 Å². The maximum Gasteiger partial charge on any atom is 0.321 e. The van der Waals surface area contributed by atoms with Gasteiger partial charge in [-0.3, -0.25) is 23.5 Å². The number of allylic oxidation sites excluding steroid dienone is 1. The SMILES string of the molecule is O=P(c1cncc(-n2c3c(c4ccccc42)C=CCC3)n1)(N(c1ccccc1)c1ccccc1)N(c1ccccc1)c1ccccc1. The minimum Gasteiger partial charge on any atom is -0.296 e. The van der Waals surface area contributed by atoms with Crippen molar-refractivity contribution in [2.24, 2.45) is 0 Å². The molecule has 47 heavy (non-hydrogen) atoms. The van der Waals surface area contributed by atoms with Gasteiger partial charge in [0.25, 0.3) is 0 Å². The number of para-hydroxylation sites is 5. The molecule has 0 spiro atoms. The van der Waals surface area contributed by atoms with E-state index in [9.17, 15) is 0 Å². The summed E-state index contributed by atoms with van der Waals surface area (Å²) in [6, 6.07) is 48.0. The van der Waals surface area contributed by atoms with E-state index in [1.165, 1.54) is 16.6 Å². The quantitative estimate of drug-likeness (QED) is 0.157. The van der Waals surface area contributed by atoms with E-state index >= 15 is 4.57 Å². The van der Waals surface area contributed by atoms with Crippen LogP contribution in [0.3, 0.4) is 0 Å². The Morgan fingerprint density at radius 1 is 0.596 bits per heavy atom. The second-order valence-electron chi connectivity index (χ2n) is 11.4. The molecule has 0 unspecified atom stereocenters. The second-order valence-corrected chi connectivity index (χ2v) is 13.7. The molecular weight excluding hydrogens is 597 g/mol. The molecule has 0 aliphatic heterocycles. The zero-order valence-electron chi connectivity index (χ0n) is 25.7. The van der Waals surface area contributed by atoms with Crippen LogP contribution < -0.4 is 14.8 Å². The van der Waals surface area contributed by atoms with Gasteiger partial charge in [0, 0.05) is 39.4 Å². The molecule has 0 bridgehead atoms. The Hall–Kier alpha value is -5.71. The summed E-state index contributed by atoms with van der Waals surface area (Å²) in [4.78, 5) is 10.1. The molecule has 2 heterocycles. The Morgan fingerprint density at radius 2 is 1.09 bits per heavy atom. The molecule has 5 aromatic carbocycles. The van der Waals surface area contributed by atoms with E-state index < -0.39 is 7.44 Å². The maximum absolute atomic E-state index is 16.8. The van der Waals surface area contributed by atoms with Crippen molar-refractivity contribution in [2.75, 3.05) is 9.34 Å². The van der Waals surface area contributed by atoms with Gasteiger partial charge in [-0.2, -0.15) is 0 Å². The Kier molecular flexibility index (Phi) is 7.48. The monoisotopic (exact) mass is 629 g/mol. The van der Waals surface area contributed by atoms with Crippen LogP contribution in [-0.2, 0) is 11.0 Å². The lowest BCUT2D eigenvalue weighted by Gasteiger charge is -2.41. The van der Waals surface area contributed by atoms with Crippen molar-refractivity contribution < 1.29 is 4.57 Å². The molecule has 1 aliphatic carbocycles. The lowest BCUT2D eigenvalue weighted by molar-refractivity contribution is 0.580. The smallest absolute Gasteiger partial charge is 0.296 e. The van der Waals surface area contributed by atoms with Gasteiger partial charge in [-0.25, -0.2) is 4.98 Å². The summed E-state index contributed by atoms with van der Waals surface area (Å²) in [6.45, 7) is 0. The molecule has 0 N–H and O–H groups in total. The number of fused-ring (bicyclic) bond motifs is 3. The fraction of sp³-hybridized carbons (Fsp3) is 0.0500. The predicted octanol–water partition coefficient (Wildman–Crippen LogP) is 9.87. The van der Waals surface area contributed by atoms with E-state index in [4.69, 9.17) is 9.97 Å². The predicted molar refractivity (Wildman–Crippen MR) is 194 cm³/mol. The first kappa shape index (κ1) is 28.7. The molecule has 228 valence electrons. The summed E-state index contributed by atoms with van der Waals surface area (Å²) in [7, 11) is -3.93. The molecule has 0 atom stereocenters. The van der Waals surface area contributed by atoms with Gasteiger partial charge in [-0.1, -0.05) is 103 Å². The van der Waals surface area contributed by atoms with Crippen molar-refractivity contribution >= 4 is 52.6 Å². The van der Waals surface area contributed by atoms with E-state index in [0.29, 0.717) is 11.3 Å². The highest BCUT2D eigenvalue weighted by Crippen LogP contribution is 2.62. The summed E-state index contributed by atoms with van der Waals surface area (Å²) in [5.41, 5.74) is 6.92. The molecule has 0 amide bonds. The first-order chi connectivity index (χ1) is 23.2. The summed E-state index contributed by atoms with van der Waals surface area (Å²) >= 11 is 0. The molecular formula is C40H32N5OP. The zero-order chi connectivity index (χ0) is 31.6. The molecule has 7 heteroatoms. The number of anilines is 4. The van der Waals surface area contributed by atoms with Gasteiger partial charge in [-0.05, 0) is 67.4 Å². The van der Waals surface area contributed by atoms with E-state index in [0.717, 1.165) is 41.1 Å². The minimum absolute atomic E-state index is 0.369. The highest BCUT2D eigenvalue weighted by atomic mass is 31.2. The standard InChI is InChI=1S/C40H32N5OP/c46-47(44(31-17-5-1-6-18-31)32-19-7-2-8-20-32,45(33-21-9-3-10-22-33)34-23-11-4-12-24-34)40-30-41-29-39(42-40)43-37-27-15-13-25-35(37)36-26-14-16-28-38(36)43/h1-15,17-27,29-30H,16,28H2. The van der Waals surface area contributed by atoms with E-state index in [2.05, 4.69) is 41.0 Å². The third-order valence-electron chi connectivity index (χ3n) is 8.53. The van der Waals surface area contributed by atoms with Crippen molar-refractivity contribution in [3.05, 3.63) is 175 Å². The van der Waals surface area contributed by atoms with Gasteiger partial charge in [0.05, 0.1) is 17.9 Å². The summed E-state index contributed by atoms with van der Waals surface area (Å²) in [5.74, 6) is 0.637. The van der Waals surface area contributed by atoms with E-state index in [1.807, 2.05) is 131 Å². The topological polar surface area (TPSA) is 54.3 Å². The number of hydrogen-bond donors (Lipinski definition) is 0. The van der Waals surface area contributed by atoms with Gasteiger partial charge in [-0.15, -0.1) is 0 Å². The number of rotatable bonds is 8. The van der Waals surface area contributed by atoms with Crippen LogP contribution in [0.15, 0.2) is 164 Å². The largest absolute Gasteiger partial charge is 0.321 e. The first-order valence-corrected chi connectivity index (χ1v) is 17.4. The Balaban J connectivity index is 1.45. The fourth-order valence-corrected chi connectivity index (χ4v) is 9.35. The van der Waals surface area contributed by atoms with Crippen molar-refractivity contribution in [3.8, 4) is 5.82 Å². The van der Waals surface area contributed by atoms with Crippen LogP contribution in [0.1, 0.15) is 17.7 Å². The van der Waals surface area contributed by atoms with Crippen molar-refractivity contribution in [3.63, 3.8) is 0 Å². The van der Waals surface area contributed by atoms with Crippen LogP contribution in [0.25, 0.3) is 22.8 Å². The fourth-order valence-electron chi connectivity index (χ4n) is 6.52. The normalized spacial score (nSPS) is 12.5. The summed E-state index contributed by atoms with van der Waals surface area (Å²) in [5, 5.41) is 1.17. The van der Waals surface area contributed by atoms with E-state index in [1.54, 1.807) is 12.4 Å². The van der Waals surface area contributed by atoms with Gasteiger partial charge in [0.2, 0.25) is 0 Å². The van der Waals surface area contributed by atoms with Gasteiger partial charge in [0.1, 0.15) is 0 Å². The highest BCUT2D eigenvalue weighted by molar-refractivity contribution is 7.75. The summed E-state index contributed by atoms with van der Waals surface area (Å²) in [6.07, 6.45) is 9.71. The van der Waals surface area contributed by atoms with Gasteiger partial charge in [0.15, 0.2) is 11.3 Å². The molecule has 0 radical (unpaired) electrons. The van der Waals surface area contributed by atoms with Crippen LogP contribution in [-0.4, -0.2) is 14.5 Å². The van der Waals surface area contributed by atoms with Gasteiger partial charge >= 0.3 is 7.44 Å². The third kappa shape index (κ3) is 5.04. The van der Waals surface area contributed by atoms with Crippen LogP contribution >= 0.6 is 7.44 Å². The van der Waals surface area contributed by atoms with Gasteiger partial charge < -0.3 is 0 Å². The zero-order valence-corrected chi connectivity index (χ0v) is 26.6. The molecule has 1 aliphatic rings. The van der Waals surface area contributed by atoms with Crippen molar-refractivity contribution in [1.82, 2.24) is 14.5 Å². The first-order valence-electron chi connectivity index (χ1n) is 15.8. The van der Waals surface area contributed by atoms with E-state index in [-0.39, 0.29) is 0 Å². The molecule has 2 aromatic heterocycles. The molecule has 0 saturated carbocycles. The number of hydrogen-bond acceptors (Lipinski definition) is 3. The average Bonchev–Trinajstić information content (AvgIpc) is 3.48.